The van der Waals surface area contributed by atoms with E-state index in [9.17, 15) is 0 Å². The highest BCUT2D eigenvalue weighted by Crippen LogP contribution is 2.04. The van der Waals surface area contributed by atoms with Crippen LogP contribution in [0, 0.1) is 0 Å². The third kappa shape index (κ3) is 6.49. The molecule has 0 saturated heterocycles. The van der Waals surface area contributed by atoms with Gasteiger partial charge in [-0.3, -0.25) is 0 Å². The van der Waals surface area contributed by atoms with Crippen LogP contribution in [0.1, 0.15) is 19.8 Å². The normalized spacial score (nSPS) is 10.6. The number of hydrogen-bond donors (Lipinski definition) is 0. The molecule has 0 spiro atoms. The molecule has 42 valence electrons. The minimum absolute atomic E-state index is 1.17. The zero-order chi connectivity index (χ0) is 5.54. The standard InChI is InChI=1S/C5H14BP/c1-3-4-5-6-7-2/h6-7H,3-5H2,1-2H3. The van der Waals surface area contributed by atoms with Gasteiger partial charge < -0.3 is 0 Å². The maximum absolute atomic E-state index is 2.27. The summed E-state index contributed by atoms with van der Waals surface area (Å²) in [6.07, 6.45) is 4.25. The molecule has 0 aromatic carbocycles. The van der Waals surface area contributed by atoms with Crippen LogP contribution in [-0.2, 0) is 0 Å². The molecule has 0 aromatic rings. The average molecular weight is 116 g/mol. The molecule has 0 fully saturated rings. The predicted molar refractivity (Wildman–Crippen MR) is 41.1 cm³/mol. The maximum Gasteiger partial charge on any atom is 0.148 e. The van der Waals surface area contributed by atoms with Gasteiger partial charge in [0.15, 0.2) is 0 Å². The molecule has 0 radical (unpaired) electrons. The van der Waals surface area contributed by atoms with Crippen LogP contribution in [0.2, 0.25) is 6.32 Å². The van der Waals surface area contributed by atoms with Crippen molar-refractivity contribution in [1.82, 2.24) is 0 Å². The van der Waals surface area contributed by atoms with Gasteiger partial charge in [0, 0.05) is 0 Å². The first kappa shape index (κ1) is 7.49. The zero-order valence-electron chi connectivity index (χ0n) is 5.33. The van der Waals surface area contributed by atoms with Crippen LogP contribution < -0.4 is 0 Å². The van der Waals surface area contributed by atoms with Gasteiger partial charge in [-0.1, -0.05) is 32.8 Å². The first-order chi connectivity index (χ1) is 3.41. The molecular weight excluding hydrogens is 102 g/mol. The van der Waals surface area contributed by atoms with Crippen molar-refractivity contribution < 1.29 is 0 Å². The van der Waals surface area contributed by atoms with E-state index in [1.165, 1.54) is 34.6 Å². The van der Waals surface area contributed by atoms with Gasteiger partial charge in [0.2, 0.25) is 0 Å². The minimum Gasteiger partial charge on any atom is -0.163 e. The second kappa shape index (κ2) is 6.49. The highest BCUT2D eigenvalue weighted by atomic mass is 31.1. The lowest BCUT2D eigenvalue weighted by Gasteiger charge is -1.88. The van der Waals surface area contributed by atoms with Crippen molar-refractivity contribution in [3.63, 3.8) is 0 Å². The molecule has 1 unspecified atom stereocenters. The van der Waals surface area contributed by atoms with Crippen LogP contribution in [0.3, 0.4) is 0 Å². The zero-order valence-corrected chi connectivity index (χ0v) is 6.33. The van der Waals surface area contributed by atoms with Crippen molar-refractivity contribution in [2.75, 3.05) is 6.66 Å². The van der Waals surface area contributed by atoms with Crippen LogP contribution in [0.15, 0.2) is 0 Å². The highest BCUT2D eigenvalue weighted by Gasteiger charge is 1.82. The van der Waals surface area contributed by atoms with Gasteiger partial charge in [0.25, 0.3) is 0 Å². The van der Waals surface area contributed by atoms with Gasteiger partial charge in [0.05, 0.1) is 0 Å². The van der Waals surface area contributed by atoms with Crippen molar-refractivity contribution in [2.24, 2.45) is 0 Å². The molecule has 0 N–H and O–H groups in total. The van der Waals surface area contributed by atoms with E-state index in [1.807, 2.05) is 0 Å². The Labute approximate surface area is 49.1 Å². The van der Waals surface area contributed by atoms with Crippen LogP contribution >= 0.6 is 8.46 Å². The SMILES string of the molecule is CCCCBPC. The summed E-state index contributed by atoms with van der Waals surface area (Å²) < 4.78 is 0. The topological polar surface area (TPSA) is 0 Å². The summed E-state index contributed by atoms with van der Waals surface area (Å²) in [5.41, 5.74) is 0. The predicted octanol–water partition coefficient (Wildman–Crippen LogP) is 1.86. The van der Waals surface area contributed by atoms with E-state index < -0.39 is 0 Å². The van der Waals surface area contributed by atoms with E-state index in [2.05, 4.69) is 13.6 Å². The van der Waals surface area contributed by atoms with Gasteiger partial charge in [-0.15, -0.1) is 0 Å². The molecule has 0 aromatic heterocycles. The van der Waals surface area contributed by atoms with Crippen molar-refractivity contribution >= 4 is 15.5 Å². The molecule has 2 heteroatoms. The minimum atomic E-state index is 1.17. The van der Waals surface area contributed by atoms with Gasteiger partial charge in [-0.05, 0) is 0 Å². The third-order valence-corrected chi connectivity index (χ3v) is 1.88. The highest BCUT2D eigenvalue weighted by molar-refractivity contribution is 7.70. The fraction of sp³-hybridized carbons (Fsp3) is 1.00. The Hall–Kier alpha value is 0.495. The van der Waals surface area contributed by atoms with Crippen LogP contribution in [-0.4, -0.2) is 13.7 Å². The van der Waals surface area contributed by atoms with E-state index in [4.69, 9.17) is 0 Å². The molecule has 0 bridgehead atoms. The fourth-order valence-electron chi connectivity index (χ4n) is 0.552. The lowest BCUT2D eigenvalue weighted by atomic mass is 9.99. The van der Waals surface area contributed by atoms with Gasteiger partial charge >= 0.3 is 0 Å². The summed E-state index contributed by atoms with van der Waals surface area (Å²) in [7, 11) is 1.17. The smallest absolute Gasteiger partial charge is 0.148 e. The molecule has 0 aliphatic heterocycles. The second-order valence-corrected chi connectivity index (χ2v) is 3.02. The van der Waals surface area contributed by atoms with E-state index in [0.29, 0.717) is 0 Å². The van der Waals surface area contributed by atoms with Gasteiger partial charge in [0.1, 0.15) is 7.00 Å². The molecule has 0 aliphatic rings. The lowest BCUT2D eigenvalue weighted by molar-refractivity contribution is 0.882. The van der Waals surface area contributed by atoms with E-state index in [1.54, 1.807) is 0 Å². The Morgan fingerprint density at radius 1 is 1.57 bits per heavy atom. The Balaban J connectivity index is 2.45. The second-order valence-electron chi connectivity index (χ2n) is 1.81. The van der Waals surface area contributed by atoms with E-state index >= 15 is 0 Å². The largest absolute Gasteiger partial charge is 0.163 e. The number of hydrogen-bond acceptors (Lipinski definition) is 0. The molecule has 0 aliphatic carbocycles. The number of rotatable bonds is 4. The van der Waals surface area contributed by atoms with Crippen molar-refractivity contribution in [1.29, 1.82) is 0 Å². The van der Waals surface area contributed by atoms with Crippen LogP contribution in [0.4, 0.5) is 0 Å². The first-order valence-electron chi connectivity index (χ1n) is 3.06. The fourth-order valence-corrected chi connectivity index (χ4v) is 1.16. The molecule has 0 rings (SSSR count). The van der Waals surface area contributed by atoms with E-state index in [-0.39, 0.29) is 0 Å². The summed E-state index contributed by atoms with van der Waals surface area (Å²) in [5, 5.41) is 0. The average Bonchev–Trinajstić information content (AvgIpc) is 1.69. The molecule has 1 atom stereocenters. The Morgan fingerprint density at radius 2 is 2.29 bits per heavy atom. The first-order valence-corrected chi connectivity index (χ1v) is 4.77. The van der Waals surface area contributed by atoms with Crippen LogP contribution in [0.25, 0.3) is 0 Å². The number of unbranched alkanes of at least 4 members (excludes halogenated alkanes) is 1. The molecule has 0 amide bonds. The Morgan fingerprint density at radius 3 is 2.71 bits per heavy atom. The van der Waals surface area contributed by atoms with E-state index in [0.717, 1.165) is 0 Å². The molecule has 0 saturated carbocycles. The summed E-state index contributed by atoms with van der Waals surface area (Å²) in [6, 6.07) is 0. The van der Waals surface area contributed by atoms with Crippen molar-refractivity contribution in [2.45, 2.75) is 26.1 Å². The molecule has 0 nitrogen and oxygen atoms in total. The molecule has 0 heterocycles. The lowest BCUT2D eigenvalue weighted by Crippen LogP contribution is -1.76. The summed E-state index contributed by atoms with van der Waals surface area (Å²) in [4.78, 5) is 0. The van der Waals surface area contributed by atoms with Crippen LogP contribution in [0.5, 0.6) is 0 Å². The maximum atomic E-state index is 2.27. The Bertz CT molecular complexity index is 27.3. The molecular formula is C5H14BP. The molecule has 7 heavy (non-hydrogen) atoms. The van der Waals surface area contributed by atoms with Gasteiger partial charge in [-0.25, -0.2) is 0 Å². The quantitative estimate of drug-likeness (QED) is 0.298. The van der Waals surface area contributed by atoms with Gasteiger partial charge in [-0.2, -0.15) is 8.46 Å². The monoisotopic (exact) mass is 116 g/mol. The van der Waals surface area contributed by atoms with Crippen molar-refractivity contribution in [3.05, 3.63) is 0 Å². The third-order valence-electron chi connectivity index (χ3n) is 1.03. The van der Waals surface area contributed by atoms with Crippen molar-refractivity contribution in [3.8, 4) is 0 Å². The Kier molecular flexibility index (Phi) is 6.95. The summed E-state index contributed by atoms with van der Waals surface area (Å²) >= 11 is 0. The summed E-state index contributed by atoms with van der Waals surface area (Å²) in [5.74, 6) is 0. The summed E-state index contributed by atoms with van der Waals surface area (Å²) in [6.45, 7) is 5.97.